The molecule has 5 rings (SSSR count). The van der Waals surface area contributed by atoms with Crippen LogP contribution < -0.4 is 15.5 Å². The number of nitrogens with one attached hydrogen (secondary N) is 2. The van der Waals surface area contributed by atoms with E-state index in [1.54, 1.807) is 59.1 Å². The van der Waals surface area contributed by atoms with Crippen molar-refractivity contribution in [3.63, 3.8) is 0 Å². The maximum atomic E-state index is 13.2. The minimum atomic E-state index is -1.27. The van der Waals surface area contributed by atoms with Gasteiger partial charge in [-0.3, -0.25) is 9.59 Å². The van der Waals surface area contributed by atoms with Crippen LogP contribution in [0.1, 0.15) is 36.8 Å². The van der Waals surface area contributed by atoms with Crippen molar-refractivity contribution in [2.24, 2.45) is 7.05 Å². The highest BCUT2D eigenvalue weighted by molar-refractivity contribution is 6.12. The largest absolute Gasteiger partial charge is 0.478 e. The summed E-state index contributed by atoms with van der Waals surface area (Å²) in [5, 5.41) is 26.6. The van der Waals surface area contributed by atoms with Crippen molar-refractivity contribution in [1.29, 1.82) is 5.26 Å². The lowest BCUT2D eigenvalue weighted by atomic mass is 10.1. The number of nitriles is 1. The number of para-hydroxylation sites is 1. The van der Waals surface area contributed by atoms with Crippen molar-refractivity contribution in [2.45, 2.75) is 0 Å². The van der Waals surface area contributed by atoms with E-state index < -0.39 is 11.9 Å². The van der Waals surface area contributed by atoms with Crippen molar-refractivity contribution in [1.82, 2.24) is 9.63 Å². The molecule has 202 valence electrons. The quantitative estimate of drug-likeness (QED) is 0.321. The zero-order valence-corrected chi connectivity index (χ0v) is 21.5. The number of fused-ring (bicyclic) bond motifs is 1. The SMILES string of the molecule is Cn1c(C(=O)Nc2ccc(C#N)cc2C(=O)O)cc2cccc(NC(=O)c3cccc(ON4CCOCC4)c3)c21. The summed E-state index contributed by atoms with van der Waals surface area (Å²) in [7, 11) is 1.68. The number of carbonyl (C=O) groups excluding carboxylic acids is 2. The maximum Gasteiger partial charge on any atom is 0.337 e. The van der Waals surface area contributed by atoms with Gasteiger partial charge in [0.1, 0.15) is 11.4 Å². The van der Waals surface area contributed by atoms with Gasteiger partial charge in [0.15, 0.2) is 0 Å². The van der Waals surface area contributed by atoms with Crippen LogP contribution in [-0.2, 0) is 11.8 Å². The summed E-state index contributed by atoms with van der Waals surface area (Å²) >= 11 is 0. The fourth-order valence-electron chi connectivity index (χ4n) is 4.50. The Morgan fingerprint density at radius 2 is 1.70 bits per heavy atom. The summed E-state index contributed by atoms with van der Waals surface area (Å²) in [6, 6.07) is 19.7. The molecule has 0 bridgehead atoms. The molecule has 11 heteroatoms. The number of ether oxygens (including phenoxy) is 1. The number of nitrogens with zero attached hydrogens (tertiary/aromatic N) is 3. The molecule has 0 spiro atoms. The fourth-order valence-corrected chi connectivity index (χ4v) is 4.50. The number of hydrogen-bond donors (Lipinski definition) is 3. The topological polar surface area (TPSA) is 146 Å². The zero-order valence-electron chi connectivity index (χ0n) is 21.5. The lowest BCUT2D eigenvalue weighted by molar-refractivity contribution is -0.118. The van der Waals surface area contributed by atoms with E-state index in [0.29, 0.717) is 54.2 Å². The summed E-state index contributed by atoms with van der Waals surface area (Å²) in [6.45, 7) is 2.42. The first-order valence-corrected chi connectivity index (χ1v) is 12.4. The normalized spacial score (nSPS) is 13.4. The minimum absolute atomic E-state index is 0.0643. The summed E-state index contributed by atoms with van der Waals surface area (Å²) in [5.41, 5.74) is 1.79. The Morgan fingerprint density at radius 3 is 2.45 bits per heavy atom. The van der Waals surface area contributed by atoms with Crippen LogP contribution in [0.15, 0.2) is 66.7 Å². The van der Waals surface area contributed by atoms with Crippen molar-refractivity contribution >= 4 is 40.1 Å². The van der Waals surface area contributed by atoms with Gasteiger partial charge in [-0.15, -0.1) is 5.06 Å². The number of aryl methyl sites for hydroxylation is 1. The first-order valence-electron chi connectivity index (χ1n) is 12.4. The third-order valence-corrected chi connectivity index (χ3v) is 6.47. The summed E-state index contributed by atoms with van der Waals surface area (Å²) in [6.07, 6.45) is 0. The van der Waals surface area contributed by atoms with E-state index in [1.165, 1.54) is 18.2 Å². The van der Waals surface area contributed by atoms with Gasteiger partial charge < -0.3 is 29.9 Å². The number of hydrogen-bond acceptors (Lipinski definition) is 7. The van der Waals surface area contributed by atoms with Crippen LogP contribution in [0.5, 0.6) is 5.75 Å². The molecule has 11 nitrogen and oxygen atoms in total. The van der Waals surface area contributed by atoms with Gasteiger partial charge in [0.2, 0.25) is 0 Å². The summed E-state index contributed by atoms with van der Waals surface area (Å²) < 4.78 is 6.96. The predicted octanol–water partition coefficient (Wildman–Crippen LogP) is 3.88. The van der Waals surface area contributed by atoms with Gasteiger partial charge in [-0.1, -0.05) is 18.2 Å². The Kier molecular flexibility index (Phi) is 7.46. The van der Waals surface area contributed by atoms with E-state index in [-0.39, 0.29) is 28.4 Å². The van der Waals surface area contributed by atoms with Crippen LogP contribution in [0.2, 0.25) is 0 Å². The van der Waals surface area contributed by atoms with E-state index in [2.05, 4.69) is 10.6 Å². The number of carbonyl (C=O) groups is 3. The second-order valence-electron chi connectivity index (χ2n) is 9.08. The summed E-state index contributed by atoms with van der Waals surface area (Å²) in [4.78, 5) is 43.9. The molecule has 1 aromatic heterocycles. The lowest BCUT2D eigenvalue weighted by Crippen LogP contribution is -2.38. The molecular weight excluding hydrogens is 514 g/mol. The summed E-state index contributed by atoms with van der Waals surface area (Å²) in [5.74, 6) is -1.63. The van der Waals surface area contributed by atoms with Crippen LogP contribution >= 0.6 is 0 Å². The van der Waals surface area contributed by atoms with Gasteiger partial charge in [0.25, 0.3) is 11.8 Å². The van der Waals surface area contributed by atoms with Crippen molar-refractivity contribution < 1.29 is 29.1 Å². The van der Waals surface area contributed by atoms with Crippen LogP contribution in [0.25, 0.3) is 10.9 Å². The second-order valence-corrected chi connectivity index (χ2v) is 9.08. The van der Waals surface area contributed by atoms with Gasteiger partial charge in [-0.2, -0.15) is 5.26 Å². The second kappa shape index (κ2) is 11.3. The molecule has 0 aliphatic carbocycles. The number of hydroxylamine groups is 2. The van der Waals surface area contributed by atoms with Crippen LogP contribution in [0.3, 0.4) is 0 Å². The van der Waals surface area contributed by atoms with E-state index in [1.807, 2.05) is 12.1 Å². The minimum Gasteiger partial charge on any atom is -0.478 e. The average molecular weight is 540 g/mol. The first-order chi connectivity index (χ1) is 19.3. The van der Waals surface area contributed by atoms with E-state index in [4.69, 9.17) is 14.8 Å². The van der Waals surface area contributed by atoms with Crippen molar-refractivity contribution in [3.05, 3.63) is 89.1 Å². The smallest absolute Gasteiger partial charge is 0.337 e. The highest BCUT2D eigenvalue weighted by Crippen LogP contribution is 2.28. The number of benzene rings is 3. The Morgan fingerprint density at radius 1 is 0.950 bits per heavy atom. The van der Waals surface area contributed by atoms with Gasteiger partial charge >= 0.3 is 5.97 Å². The van der Waals surface area contributed by atoms with Crippen molar-refractivity contribution in [2.75, 3.05) is 36.9 Å². The number of rotatable bonds is 7. The monoisotopic (exact) mass is 539 g/mol. The predicted molar refractivity (Wildman–Crippen MR) is 146 cm³/mol. The Balaban J connectivity index is 1.38. The molecule has 4 aromatic rings. The van der Waals surface area contributed by atoms with Crippen molar-refractivity contribution in [3.8, 4) is 11.8 Å². The van der Waals surface area contributed by atoms with Gasteiger partial charge in [-0.05, 0) is 48.5 Å². The highest BCUT2D eigenvalue weighted by Gasteiger charge is 2.20. The molecule has 0 unspecified atom stereocenters. The Labute approximate surface area is 229 Å². The molecule has 1 fully saturated rings. The lowest BCUT2D eigenvalue weighted by Gasteiger charge is -2.26. The molecular formula is C29H25N5O6. The number of aromatic carboxylic acids is 1. The molecule has 1 aliphatic rings. The molecule has 3 N–H and O–H groups in total. The van der Waals surface area contributed by atoms with Gasteiger partial charge in [0.05, 0.1) is 60.4 Å². The third-order valence-electron chi connectivity index (χ3n) is 6.47. The maximum absolute atomic E-state index is 13.2. The van der Waals surface area contributed by atoms with E-state index in [9.17, 15) is 19.5 Å². The number of carboxylic acids is 1. The third kappa shape index (κ3) is 5.49. The fraction of sp³-hybridized carbons (Fsp3) is 0.172. The molecule has 1 aliphatic heterocycles. The molecule has 2 amide bonds. The average Bonchev–Trinajstić information content (AvgIpc) is 3.31. The number of amides is 2. The van der Waals surface area contributed by atoms with Gasteiger partial charge in [0, 0.05) is 18.0 Å². The standard InChI is InChI=1S/C29H25N5O6/c1-33-25(28(36)31-23-9-8-18(17-30)14-22(23)29(37)38)16-19-4-3-7-24(26(19)33)32-27(35)20-5-2-6-21(15-20)40-34-10-12-39-13-11-34/h2-9,14-16H,10-13H2,1H3,(H,31,36)(H,32,35)(H,37,38). The van der Waals surface area contributed by atoms with E-state index >= 15 is 0 Å². The van der Waals surface area contributed by atoms with Crippen LogP contribution in [-0.4, -0.2) is 58.8 Å². The molecule has 0 saturated carbocycles. The Hall–Kier alpha value is -5.18. The Bertz CT molecular complexity index is 1670. The molecule has 3 aromatic carbocycles. The highest BCUT2D eigenvalue weighted by atomic mass is 16.7. The number of anilines is 2. The molecule has 40 heavy (non-hydrogen) atoms. The molecule has 0 radical (unpaired) electrons. The van der Waals surface area contributed by atoms with Gasteiger partial charge in [-0.25, -0.2) is 4.79 Å². The molecule has 1 saturated heterocycles. The van der Waals surface area contributed by atoms with E-state index in [0.717, 1.165) is 0 Å². The zero-order chi connectivity index (χ0) is 28.2. The molecule has 2 heterocycles. The molecule has 0 atom stereocenters. The van der Waals surface area contributed by atoms with Crippen LogP contribution in [0.4, 0.5) is 11.4 Å². The number of carboxylic acid groups (broad SMARTS) is 1. The number of morpholine rings is 1. The number of aromatic nitrogens is 1. The first kappa shape index (κ1) is 26.4. The van der Waals surface area contributed by atoms with Crippen LogP contribution in [0, 0.1) is 11.3 Å².